The second-order valence-electron chi connectivity index (χ2n) is 4.77. The molecule has 2 aromatic rings. The summed E-state index contributed by atoms with van der Waals surface area (Å²) < 4.78 is 12.8. The van der Waals surface area contributed by atoms with Crippen LogP contribution in [0.25, 0.3) is 0 Å². The van der Waals surface area contributed by atoms with Gasteiger partial charge in [-0.25, -0.2) is 4.39 Å². The zero-order valence-corrected chi connectivity index (χ0v) is 12.2. The molecule has 0 aliphatic carbocycles. The van der Waals surface area contributed by atoms with Gasteiger partial charge < -0.3 is 10.6 Å². The van der Waals surface area contributed by atoms with Crippen LogP contribution >= 0.6 is 0 Å². The van der Waals surface area contributed by atoms with Gasteiger partial charge in [-0.2, -0.15) is 5.26 Å². The summed E-state index contributed by atoms with van der Waals surface area (Å²) in [5, 5.41) is 13.8. The Labute approximate surface area is 132 Å². The van der Waals surface area contributed by atoms with E-state index in [1.807, 2.05) is 0 Å². The number of benzene rings is 2. The highest BCUT2D eigenvalue weighted by Crippen LogP contribution is 2.11. The first-order chi connectivity index (χ1) is 11.1. The second-order valence-corrected chi connectivity index (χ2v) is 4.77. The van der Waals surface area contributed by atoms with Crippen molar-refractivity contribution < 1.29 is 14.0 Å². The average Bonchev–Trinajstić information content (AvgIpc) is 2.54. The molecular formula is C17H14FN3O2. The predicted octanol–water partition coefficient (Wildman–Crippen LogP) is 2.61. The van der Waals surface area contributed by atoms with Crippen LogP contribution in [0.2, 0.25) is 0 Å². The number of carbonyl (C=O) groups is 2. The van der Waals surface area contributed by atoms with Gasteiger partial charge in [0, 0.05) is 17.8 Å². The first kappa shape index (κ1) is 16.2. The maximum Gasteiger partial charge on any atom is 0.251 e. The van der Waals surface area contributed by atoms with E-state index >= 15 is 0 Å². The minimum Gasteiger partial charge on any atom is -0.348 e. The molecule has 6 heteroatoms. The monoisotopic (exact) mass is 311 g/mol. The Morgan fingerprint density at radius 2 is 1.87 bits per heavy atom. The Morgan fingerprint density at radius 3 is 2.57 bits per heavy atom. The number of hydrogen-bond acceptors (Lipinski definition) is 3. The van der Waals surface area contributed by atoms with Crippen molar-refractivity contribution in [1.82, 2.24) is 5.32 Å². The summed E-state index contributed by atoms with van der Waals surface area (Å²) in [6.45, 7) is 0.262. The standard InChI is InChI=1S/C17H14FN3O2/c18-14-6-4-13(5-7-14)17(23)20-11-12-2-1-3-15(10-12)21-16(22)8-9-19/h1-7,10H,8,11H2,(H,20,23)(H,21,22). The molecule has 0 bridgehead atoms. The van der Waals surface area contributed by atoms with Crippen molar-refractivity contribution >= 4 is 17.5 Å². The number of nitrogens with zero attached hydrogens (tertiary/aromatic N) is 1. The van der Waals surface area contributed by atoms with E-state index < -0.39 is 5.82 Å². The normalized spacial score (nSPS) is 9.74. The van der Waals surface area contributed by atoms with Gasteiger partial charge in [0.2, 0.25) is 5.91 Å². The maximum atomic E-state index is 12.8. The molecule has 0 spiro atoms. The van der Waals surface area contributed by atoms with E-state index in [2.05, 4.69) is 10.6 Å². The molecule has 0 unspecified atom stereocenters. The number of carbonyl (C=O) groups excluding carboxylic acids is 2. The number of halogens is 1. The van der Waals surface area contributed by atoms with Gasteiger partial charge in [0.05, 0.1) is 6.07 Å². The topological polar surface area (TPSA) is 82.0 Å². The second kappa shape index (κ2) is 7.71. The van der Waals surface area contributed by atoms with E-state index in [4.69, 9.17) is 5.26 Å². The number of rotatable bonds is 5. The Kier molecular flexibility index (Phi) is 5.42. The van der Waals surface area contributed by atoms with Crippen LogP contribution < -0.4 is 10.6 Å². The van der Waals surface area contributed by atoms with Crippen LogP contribution in [0.1, 0.15) is 22.3 Å². The molecule has 5 nitrogen and oxygen atoms in total. The van der Waals surface area contributed by atoms with Crippen molar-refractivity contribution in [2.45, 2.75) is 13.0 Å². The van der Waals surface area contributed by atoms with Crippen LogP contribution in [0.5, 0.6) is 0 Å². The lowest BCUT2D eigenvalue weighted by Crippen LogP contribution is -2.22. The fraction of sp³-hybridized carbons (Fsp3) is 0.118. The first-order valence-corrected chi connectivity index (χ1v) is 6.88. The summed E-state index contributed by atoms with van der Waals surface area (Å²) in [4.78, 5) is 23.3. The first-order valence-electron chi connectivity index (χ1n) is 6.88. The van der Waals surface area contributed by atoms with E-state index in [1.165, 1.54) is 24.3 Å². The van der Waals surface area contributed by atoms with E-state index in [-0.39, 0.29) is 24.8 Å². The van der Waals surface area contributed by atoms with Gasteiger partial charge in [0.25, 0.3) is 5.91 Å². The number of anilines is 1. The smallest absolute Gasteiger partial charge is 0.251 e. The van der Waals surface area contributed by atoms with Crippen LogP contribution in [-0.2, 0) is 11.3 Å². The van der Waals surface area contributed by atoms with E-state index in [1.54, 1.807) is 30.3 Å². The average molecular weight is 311 g/mol. The predicted molar refractivity (Wildman–Crippen MR) is 82.9 cm³/mol. The van der Waals surface area contributed by atoms with Gasteiger partial charge in [-0.15, -0.1) is 0 Å². The van der Waals surface area contributed by atoms with E-state index in [0.717, 1.165) is 5.56 Å². The molecule has 0 aliphatic rings. The van der Waals surface area contributed by atoms with E-state index in [0.29, 0.717) is 11.3 Å². The third-order valence-corrected chi connectivity index (χ3v) is 3.01. The Bertz CT molecular complexity index is 751. The molecule has 0 saturated heterocycles. The lowest BCUT2D eigenvalue weighted by Gasteiger charge is -2.08. The van der Waals surface area contributed by atoms with Gasteiger partial charge >= 0.3 is 0 Å². The molecular weight excluding hydrogens is 297 g/mol. The molecule has 0 aromatic heterocycles. The van der Waals surface area contributed by atoms with Gasteiger partial charge in [-0.3, -0.25) is 9.59 Å². The van der Waals surface area contributed by atoms with E-state index in [9.17, 15) is 14.0 Å². The largest absolute Gasteiger partial charge is 0.348 e. The molecule has 23 heavy (non-hydrogen) atoms. The highest BCUT2D eigenvalue weighted by Gasteiger charge is 2.06. The molecule has 2 rings (SSSR count). The van der Waals surface area contributed by atoms with Gasteiger partial charge in [0.1, 0.15) is 12.2 Å². The van der Waals surface area contributed by atoms with Crippen molar-refractivity contribution in [2.24, 2.45) is 0 Å². The molecule has 0 saturated carbocycles. The molecule has 0 atom stereocenters. The van der Waals surface area contributed by atoms with Crippen LogP contribution in [0.15, 0.2) is 48.5 Å². The number of hydrogen-bond donors (Lipinski definition) is 2. The molecule has 0 fully saturated rings. The molecule has 2 aromatic carbocycles. The van der Waals surface area contributed by atoms with Crippen molar-refractivity contribution in [2.75, 3.05) is 5.32 Å². The molecule has 2 N–H and O–H groups in total. The van der Waals surface area contributed by atoms with Crippen molar-refractivity contribution in [3.63, 3.8) is 0 Å². The summed E-state index contributed by atoms with van der Waals surface area (Å²) in [5.74, 6) is -1.11. The summed E-state index contributed by atoms with van der Waals surface area (Å²) in [7, 11) is 0. The van der Waals surface area contributed by atoms with Gasteiger partial charge in [-0.05, 0) is 42.0 Å². The lowest BCUT2D eigenvalue weighted by atomic mass is 10.1. The van der Waals surface area contributed by atoms with Gasteiger partial charge in [0.15, 0.2) is 0 Å². The van der Waals surface area contributed by atoms with Crippen molar-refractivity contribution in [3.05, 3.63) is 65.5 Å². The fourth-order valence-electron chi connectivity index (χ4n) is 1.92. The molecule has 116 valence electrons. The molecule has 2 amide bonds. The minimum atomic E-state index is -0.401. The van der Waals surface area contributed by atoms with Crippen LogP contribution in [0, 0.1) is 17.1 Å². The maximum absolute atomic E-state index is 12.8. The zero-order valence-electron chi connectivity index (χ0n) is 12.2. The third kappa shape index (κ3) is 4.93. The summed E-state index contributed by atoms with van der Waals surface area (Å²) >= 11 is 0. The molecule has 0 heterocycles. The zero-order chi connectivity index (χ0) is 16.7. The Balaban J connectivity index is 1.95. The number of nitrogens with one attached hydrogen (secondary N) is 2. The Morgan fingerprint density at radius 1 is 1.13 bits per heavy atom. The lowest BCUT2D eigenvalue weighted by molar-refractivity contribution is -0.115. The minimum absolute atomic E-state index is 0.217. The van der Waals surface area contributed by atoms with Crippen molar-refractivity contribution in [1.29, 1.82) is 5.26 Å². The quantitative estimate of drug-likeness (QED) is 0.890. The van der Waals surface area contributed by atoms with Gasteiger partial charge in [-0.1, -0.05) is 12.1 Å². The molecule has 0 radical (unpaired) electrons. The SMILES string of the molecule is N#CCC(=O)Nc1cccc(CNC(=O)c2ccc(F)cc2)c1. The van der Waals surface area contributed by atoms with Crippen LogP contribution in [0.3, 0.4) is 0 Å². The third-order valence-electron chi connectivity index (χ3n) is 3.01. The Hall–Kier alpha value is -3.20. The summed E-state index contributed by atoms with van der Waals surface area (Å²) in [5.41, 5.74) is 1.71. The summed E-state index contributed by atoms with van der Waals surface area (Å²) in [6, 6.07) is 14.0. The highest BCUT2D eigenvalue weighted by molar-refractivity contribution is 5.94. The molecule has 0 aliphatic heterocycles. The van der Waals surface area contributed by atoms with Crippen LogP contribution in [0.4, 0.5) is 10.1 Å². The highest BCUT2D eigenvalue weighted by atomic mass is 19.1. The number of nitriles is 1. The fourth-order valence-corrected chi connectivity index (χ4v) is 1.92. The van der Waals surface area contributed by atoms with Crippen LogP contribution in [-0.4, -0.2) is 11.8 Å². The number of amides is 2. The summed E-state index contributed by atoms with van der Waals surface area (Å²) in [6.07, 6.45) is -0.217. The van der Waals surface area contributed by atoms with Crippen molar-refractivity contribution in [3.8, 4) is 6.07 Å².